The summed E-state index contributed by atoms with van der Waals surface area (Å²) in [5.41, 5.74) is 4.47. The van der Waals surface area contributed by atoms with Gasteiger partial charge in [0.15, 0.2) is 0 Å². The molecule has 0 saturated carbocycles. The maximum Gasteiger partial charge on any atom is 0.255 e. The highest BCUT2D eigenvalue weighted by Gasteiger charge is 2.49. The van der Waals surface area contributed by atoms with Crippen LogP contribution >= 0.6 is 0 Å². The van der Waals surface area contributed by atoms with Crippen molar-refractivity contribution in [1.82, 2.24) is 20.5 Å². The van der Waals surface area contributed by atoms with Crippen LogP contribution in [0.5, 0.6) is 0 Å². The summed E-state index contributed by atoms with van der Waals surface area (Å²) in [7, 11) is 1.57. The maximum atomic E-state index is 13.7. The lowest BCUT2D eigenvalue weighted by molar-refractivity contribution is -0.133. The zero-order valence-corrected chi connectivity index (χ0v) is 20.1. The molecular formula is C27H30N4O4. The predicted molar refractivity (Wildman–Crippen MR) is 132 cm³/mol. The smallest absolute Gasteiger partial charge is 0.255 e. The molecule has 0 spiro atoms. The van der Waals surface area contributed by atoms with Gasteiger partial charge in [-0.15, -0.1) is 0 Å². The fourth-order valence-electron chi connectivity index (χ4n) is 5.31. The molecule has 1 aromatic heterocycles. The number of aromatic nitrogens is 1. The number of para-hydroxylation sites is 1. The summed E-state index contributed by atoms with van der Waals surface area (Å²) in [6, 6.07) is 13.7. The topological polar surface area (TPSA) is 104 Å². The molecule has 8 heteroatoms. The number of aromatic amines is 1. The summed E-state index contributed by atoms with van der Waals surface area (Å²) in [6.45, 7) is 4.52. The van der Waals surface area contributed by atoms with Crippen LogP contribution in [-0.4, -0.2) is 60.0 Å². The van der Waals surface area contributed by atoms with Crippen LogP contribution in [0.25, 0.3) is 10.9 Å². The molecule has 3 heterocycles. The van der Waals surface area contributed by atoms with Gasteiger partial charge in [0.1, 0.15) is 12.1 Å². The van der Waals surface area contributed by atoms with E-state index in [1.165, 1.54) is 0 Å². The van der Waals surface area contributed by atoms with E-state index in [1.54, 1.807) is 12.0 Å². The van der Waals surface area contributed by atoms with Crippen molar-refractivity contribution in [2.75, 3.05) is 20.3 Å². The van der Waals surface area contributed by atoms with Crippen LogP contribution in [0, 0.1) is 5.92 Å². The van der Waals surface area contributed by atoms with E-state index < -0.39 is 12.1 Å². The van der Waals surface area contributed by atoms with Gasteiger partial charge in [0.05, 0.1) is 12.6 Å². The molecule has 0 aliphatic carbocycles. The van der Waals surface area contributed by atoms with Crippen LogP contribution < -0.4 is 10.6 Å². The Hall–Kier alpha value is -3.65. The molecule has 35 heavy (non-hydrogen) atoms. The van der Waals surface area contributed by atoms with Crippen molar-refractivity contribution in [2.24, 2.45) is 5.92 Å². The van der Waals surface area contributed by atoms with Crippen molar-refractivity contribution in [2.45, 2.75) is 38.4 Å². The highest BCUT2D eigenvalue weighted by atomic mass is 16.5. The first-order valence-electron chi connectivity index (χ1n) is 12.0. The normalized spacial score (nSPS) is 19.3. The number of nitrogens with zero attached hydrogens (tertiary/aromatic N) is 1. The summed E-state index contributed by atoms with van der Waals surface area (Å²) >= 11 is 0. The fraction of sp³-hybridized carbons (Fsp3) is 0.370. The van der Waals surface area contributed by atoms with Gasteiger partial charge in [-0.1, -0.05) is 50.2 Å². The first-order chi connectivity index (χ1) is 16.9. The largest absolute Gasteiger partial charge is 0.383 e. The van der Waals surface area contributed by atoms with Gasteiger partial charge in [-0.25, -0.2) is 0 Å². The van der Waals surface area contributed by atoms with E-state index in [2.05, 4.69) is 15.6 Å². The van der Waals surface area contributed by atoms with Gasteiger partial charge in [-0.3, -0.25) is 14.4 Å². The quantitative estimate of drug-likeness (QED) is 0.458. The van der Waals surface area contributed by atoms with Crippen molar-refractivity contribution < 1.29 is 19.1 Å². The Morgan fingerprint density at radius 2 is 1.89 bits per heavy atom. The second-order valence-electron chi connectivity index (χ2n) is 9.50. The number of rotatable bonds is 7. The third-order valence-electron chi connectivity index (χ3n) is 7.01. The number of H-pyrrole nitrogens is 1. The number of fused-ring (bicyclic) bond motifs is 7. The van der Waals surface area contributed by atoms with E-state index in [9.17, 15) is 14.4 Å². The molecule has 3 aromatic rings. The van der Waals surface area contributed by atoms with E-state index in [0.717, 1.165) is 27.7 Å². The molecule has 3 amide bonds. The SMILES string of the molecule is COCCNC(=O)C(NC(=O)C1Cc2c([nH]c3ccccc23)C2c3ccccc3C(=O)N12)C(C)C. The van der Waals surface area contributed by atoms with E-state index in [0.29, 0.717) is 25.1 Å². The Kier molecular flexibility index (Phi) is 6.06. The molecule has 182 valence electrons. The molecule has 2 aromatic carbocycles. The summed E-state index contributed by atoms with van der Waals surface area (Å²) < 4.78 is 5.01. The lowest BCUT2D eigenvalue weighted by Gasteiger charge is -2.38. The number of carbonyl (C=O) groups excluding carboxylic acids is 3. The highest BCUT2D eigenvalue weighted by Crippen LogP contribution is 2.46. The maximum absolute atomic E-state index is 13.7. The Balaban J connectivity index is 1.51. The number of methoxy groups -OCH3 is 1. The molecule has 3 unspecified atom stereocenters. The van der Waals surface area contributed by atoms with Gasteiger partial charge in [-0.05, 0) is 29.2 Å². The van der Waals surface area contributed by atoms with Gasteiger partial charge in [0, 0.05) is 42.2 Å². The standard InChI is InChI=1S/C27H30N4O4/c1-15(2)22(26(33)28-12-13-35-3)30-25(32)21-14-19-16-8-6-7-11-20(16)29-23(19)24-17-9-4-5-10-18(17)27(34)31(21)24/h4-11,15,21-22,24,29H,12-14H2,1-3H3,(H,28,33)(H,30,32). The number of amides is 3. The Morgan fingerprint density at radius 3 is 2.66 bits per heavy atom. The molecule has 8 nitrogen and oxygen atoms in total. The van der Waals surface area contributed by atoms with Crippen LogP contribution in [0.15, 0.2) is 48.5 Å². The average molecular weight is 475 g/mol. The fourth-order valence-corrected chi connectivity index (χ4v) is 5.31. The van der Waals surface area contributed by atoms with Crippen molar-refractivity contribution in [3.8, 4) is 0 Å². The van der Waals surface area contributed by atoms with Crippen LogP contribution in [0.2, 0.25) is 0 Å². The second kappa shape index (κ2) is 9.19. The number of hydrogen-bond acceptors (Lipinski definition) is 4. The summed E-state index contributed by atoms with van der Waals surface area (Å²) in [5.74, 6) is -0.883. The van der Waals surface area contributed by atoms with Crippen LogP contribution in [0.4, 0.5) is 0 Å². The monoisotopic (exact) mass is 474 g/mol. The van der Waals surface area contributed by atoms with Crippen molar-refractivity contribution in [1.29, 1.82) is 0 Å². The Morgan fingerprint density at radius 1 is 1.14 bits per heavy atom. The first kappa shape index (κ1) is 23.1. The minimum absolute atomic E-state index is 0.129. The van der Waals surface area contributed by atoms with Crippen LogP contribution in [0.3, 0.4) is 0 Å². The lowest BCUT2D eigenvalue weighted by atomic mass is 9.89. The molecule has 2 aliphatic rings. The summed E-state index contributed by atoms with van der Waals surface area (Å²) in [4.78, 5) is 45.3. The number of benzene rings is 2. The number of nitrogens with one attached hydrogen (secondary N) is 3. The van der Waals surface area contributed by atoms with Gasteiger partial charge < -0.3 is 25.3 Å². The van der Waals surface area contributed by atoms with E-state index in [4.69, 9.17) is 4.74 Å². The molecule has 3 N–H and O–H groups in total. The van der Waals surface area contributed by atoms with E-state index in [-0.39, 0.29) is 29.7 Å². The van der Waals surface area contributed by atoms with Gasteiger partial charge in [0.25, 0.3) is 5.91 Å². The zero-order chi connectivity index (χ0) is 24.7. The first-order valence-corrected chi connectivity index (χ1v) is 12.0. The third-order valence-corrected chi connectivity index (χ3v) is 7.01. The molecule has 3 atom stereocenters. The molecule has 0 saturated heterocycles. The van der Waals surface area contributed by atoms with E-state index in [1.807, 2.05) is 62.4 Å². The summed E-state index contributed by atoms with van der Waals surface area (Å²) in [5, 5.41) is 6.81. The molecule has 0 fully saturated rings. The molecule has 0 bridgehead atoms. The van der Waals surface area contributed by atoms with Gasteiger partial charge in [-0.2, -0.15) is 0 Å². The number of carbonyl (C=O) groups is 3. The van der Waals surface area contributed by atoms with Crippen LogP contribution in [-0.2, 0) is 20.7 Å². The molecular weight excluding hydrogens is 444 g/mol. The summed E-state index contributed by atoms with van der Waals surface area (Å²) in [6.07, 6.45) is 0.373. The van der Waals surface area contributed by atoms with Crippen molar-refractivity contribution in [3.05, 3.63) is 70.9 Å². The lowest BCUT2D eigenvalue weighted by Crippen LogP contribution is -2.58. The van der Waals surface area contributed by atoms with Gasteiger partial charge in [0.2, 0.25) is 11.8 Å². The number of hydrogen-bond donors (Lipinski definition) is 3. The predicted octanol–water partition coefficient (Wildman–Crippen LogP) is 2.54. The Labute approximate surface area is 204 Å². The van der Waals surface area contributed by atoms with Crippen LogP contribution in [0.1, 0.15) is 47.1 Å². The second-order valence-corrected chi connectivity index (χ2v) is 9.50. The van der Waals surface area contributed by atoms with Crippen molar-refractivity contribution >= 4 is 28.6 Å². The molecule has 0 radical (unpaired) electrons. The minimum Gasteiger partial charge on any atom is -0.383 e. The molecule has 2 aliphatic heterocycles. The zero-order valence-electron chi connectivity index (χ0n) is 20.1. The average Bonchev–Trinajstić information content (AvgIpc) is 3.37. The van der Waals surface area contributed by atoms with E-state index >= 15 is 0 Å². The molecule has 5 rings (SSSR count). The van der Waals surface area contributed by atoms with Crippen molar-refractivity contribution in [3.63, 3.8) is 0 Å². The number of ether oxygens (including phenoxy) is 1. The third kappa shape index (κ3) is 3.87. The minimum atomic E-state index is -0.736. The van der Waals surface area contributed by atoms with Gasteiger partial charge >= 0.3 is 0 Å². The Bertz CT molecular complexity index is 1300. The highest BCUT2D eigenvalue weighted by molar-refractivity contribution is 6.04.